The van der Waals surface area contributed by atoms with E-state index in [1.165, 1.54) is 36.1 Å². The summed E-state index contributed by atoms with van der Waals surface area (Å²) in [5.74, 6) is -1.17. The van der Waals surface area contributed by atoms with Crippen molar-refractivity contribution in [3.63, 3.8) is 0 Å². The van der Waals surface area contributed by atoms with Crippen molar-refractivity contribution in [1.82, 2.24) is 20.0 Å². The molecule has 6 heteroatoms. The molecule has 2 aliphatic rings. The maximum atomic E-state index is 13.9. The SMILES string of the molecule is Fc1ccc(-n2ccc(CN3CCC4(CCNCC4)C3)n2)c(F)c1. The summed E-state index contributed by atoms with van der Waals surface area (Å²) in [5, 5.41) is 7.90. The summed E-state index contributed by atoms with van der Waals surface area (Å²) >= 11 is 0. The summed E-state index contributed by atoms with van der Waals surface area (Å²) in [6.07, 6.45) is 5.49. The second-order valence-corrected chi connectivity index (χ2v) is 7.06. The van der Waals surface area contributed by atoms with Gasteiger partial charge in [0, 0.05) is 25.4 Å². The van der Waals surface area contributed by atoms with Crippen LogP contribution in [0.2, 0.25) is 0 Å². The second kappa shape index (κ2) is 6.26. The normalized spacial score (nSPS) is 20.8. The molecular formula is C18H22F2N4. The number of likely N-dealkylation sites (tertiary alicyclic amines) is 1. The number of aromatic nitrogens is 2. The van der Waals surface area contributed by atoms with E-state index >= 15 is 0 Å². The highest BCUT2D eigenvalue weighted by Gasteiger charge is 2.38. The first kappa shape index (κ1) is 15.7. The van der Waals surface area contributed by atoms with Gasteiger partial charge in [0.25, 0.3) is 0 Å². The Morgan fingerprint density at radius 2 is 1.96 bits per heavy atom. The molecule has 128 valence electrons. The van der Waals surface area contributed by atoms with Crippen LogP contribution < -0.4 is 5.32 Å². The van der Waals surface area contributed by atoms with Crippen LogP contribution in [0, 0.1) is 17.0 Å². The van der Waals surface area contributed by atoms with Crippen LogP contribution in [0.5, 0.6) is 0 Å². The van der Waals surface area contributed by atoms with Crippen LogP contribution in [0.25, 0.3) is 5.69 Å². The van der Waals surface area contributed by atoms with Gasteiger partial charge < -0.3 is 5.32 Å². The quantitative estimate of drug-likeness (QED) is 0.938. The van der Waals surface area contributed by atoms with Gasteiger partial charge >= 0.3 is 0 Å². The third-order valence-electron chi connectivity index (χ3n) is 5.37. The third-order valence-corrected chi connectivity index (χ3v) is 5.37. The minimum Gasteiger partial charge on any atom is -0.317 e. The summed E-state index contributed by atoms with van der Waals surface area (Å²) in [5.41, 5.74) is 1.67. The largest absolute Gasteiger partial charge is 0.317 e. The van der Waals surface area contributed by atoms with Crippen molar-refractivity contribution in [2.24, 2.45) is 5.41 Å². The van der Waals surface area contributed by atoms with Gasteiger partial charge in [-0.1, -0.05) is 0 Å². The zero-order valence-corrected chi connectivity index (χ0v) is 13.6. The predicted molar refractivity (Wildman–Crippen MR) is 87.9 cm³/mol. The standard InChI is InChI=1S/C18H22F2N4/c19-14-1-2-17(16(20)11-14)24-9-3-15(22-24)12-23-10-6-18(13-23)4-7-21-8-5-18/h1-3,9,11,21H,4-8,10,12-13H2. The van der Waals surface area contributed by atoms with Crippen molar-refractivity contribution in [2.75, 3.05) is 26.2 Å². The molecule has 4 nitrogen and oxygen atoms in total. The van der Waals surface area contributed by atoms with Crippen LogP contribution in [0.1, 0.15) is 25.0 Å². The molecule has 2 aromatic rings. The fourth-order valence-electron chi connectivity index (χ4n) is 4.00. The molecule has 1 aromatic heterocycles. The lowest BCUT2D eigenvalue weighted by Crippen LogP contribution is -2.38. The number of piperidine rings is 1. The monoisotopic (exact) mass is 332 g/mol. The van der Waals surface area contributed by atoms with E-state index in [9.17, 15) is 8.78 Å². The lowest BCUT2D eigenvalue weighted by Gasteiger charge is -2.33. The van der Waals surface area contributed by atoms with E-state index in [2.05, 4.69) is 15.3 Å². The van der Waals surface area contributed by atoms with Crippen molar-refractivity contribution >= 4 is 0 Å². The maximum absolute atomic E-state index is 13.9. The Morgan fingerprint density at radius 3 is 2.75 bits per heavy atom. The highest BCUT2D eigenvalue weighted by molar-refractivity contribution is 5.33. The van der Waals surface area contributed by atoms with Gasteiger partial charge in [-0.25, -0.2) is 13.5 Å². The molecule has 0 unspecified atom stereocenters. The van der Waals surface area contributed by atoms with E-state index in [0.717, 1.165) is 44.5 Å². The Hall–Kier alpha value is -1.79. The second-order valence-electron chi connectivity index (χ2n) is 7.06. The van der Waals surface area contributed by atoms with Gasteiger partial charge in [-0.15, -0.1) is 0 Å². The van der Waals surface area contributed by atoms with E-state index in [0.29, 0.717) is 5.41 Å². The van der Waals surface area contributed by atoms with Gasteiger partial charge in [0.1, 0.15) is 11.5 Å². The Labute approximate surface area is 140 Å². The number of hydrogen-bond acceptors (Lipinski definition) is 3. The van der Waals surface area contributed by atoms with Gasteiger partial charge in [0.2, 0.25) is 0 Å². The highest BCUT2D eigenvalue weighted by Crippen LogP contribution is 2.38. The molecule has 1 N–H and O–H groups in total. The topological polar surface area (TPSA) is 33.1 Å². The van der Waals surface area contributed by atoms with E-state index in [1.54, 1.807) is 6.20 Å². The summed E-state index contributed by atoms with van der Waals surface area (Å²) in [4.78, 5) is 2.44. The number of rotatable bonds is 3. The van der Waals surface area contributed by atoms with Gasteiger partial charge in [-0.3, -0.25) is 4.90 Å². The molecule has 1 aromatic carbocycles. The van der Waals surface area contributed by atoms with Gasteiger partial charge in [0.05, 0.1) is 5.69 Å². The molecule has 0 bridgehead atoms. The van der Waals surface area contributed by atoms with Crippen molar-refractivity contribution in [2.45, 2.75) is 25.8 Å². The fraction of sp³-hybridized carbons (Fsp3) is 0.500. The number of benzene rings is 1. The van der Waals surface area contributed by atoms with Crippen molar-refractivity contribution in [1.29, 1.82) is 0 Å². The Balaban J connectivity index is 1.44. The molecule has 2 saturated heterocycles. The summed E-state index contributed by atoms with van der Waals surface area (Å²) in [6, 6.07) is 5.47. The highest BCUT2D eigenvalue weighted by atomic mass is 19.1. The summed E-state index contributed by atoms with van der Waals surface area (Å²) in [7, 11) is 0. The van der Waals surface area contributed by atoms with Crippen LogP contribution in [0.4, 0.5) is 8.78 Å². The fourth-order valence-corrected chi connectivity index (χ4v) is 4.00. The number of nitrogens with zero attached hydrogens (tertiary/aromatic N) is 3. The molecule has 0 amide bonds. The number of hydrogen-bond donors (Lipinski definition) is 1. The van der Waals surface area contributed by atoms with Crippen LogP contribution in [0.3, 0.4) is 0 Å². The molecule has 4 rings (SSSR count). The van der Waals surface area contributed by atoms with Crippen LogP contribution in [-0.2, 0) is 6.54 Å². The first-order chi connectivity index (χ1) is 11.6. The lowest BCUT2D eigenvalue weighted by atomic mass is 9.78. The van der Waals surface area contributed by atoms with Crippen LogP contribution in [-0.4, -0.2) is 40.9 Å². The summed E-state index contributed by atoms with van der Waals surface area (Å²) in [6.45, 7) is 5.23. The lowest BCUT2D eigenvalue weighted by molar-refractivity contribution is 0.193. The van der Waals surface area contributed by atoms with Gasteiger partial charge in [-0.2, -0.15) is 5.10 Å². The minimum atomic E-state index is -0.598. The smallest absolute Gasteiger partial charge is 0.151 e. The zero-order valence-electron chi connectivity index (χ0n) is 13.6. The molecule has 0 saturated carbocycles. The first-order valence-electron chi connectivity index (χ1n) is 8.57. The Kier molecular flexibility index (Phi) is 4.10. The maximum Gasteiger partial charge on any atom is 0.151 e. The first-order valence-corrected chi connectivity index (χ1v) is 8.57. The van der Waals surface area contributed by atoms with Crippen LogP contribution in [0.15, 0.2) is 30.5 Å². The van der Waals surface area contributed by atoms with Crippen molar-refractivity contribution < 1.29 is 8.78 Å². The molecule has 2 aliphatic heterocycles. The molecule has 2 fully saturated rings. The molecule has 3 heterocycles. The Bertz CT molecular complexity index is 722. The molecule has 0 aliphatic carbocycles. The van der Waals surface area contributed by atoms with E-state index in [-0.39, 0.29) is 5.69 Å². The Morgan fingerprint density at radius 1 is 1.12 bits per heavy atom. The van der Waals surface area contributed by atoms with Gasteiger partial charge in [-0.05, 0) is 62.5 Å². The molecular weight excluding hydrogens is 310 g/mol. The van der Waals surface area contributed by atoms with E-state index in [4.69, 9.17) is 0 Å². The third kappa shape index (κ3) is 3.08. The average Bonchev–Trinajstić information content (AvgIpc) is 3.16. The predicted octanol–water partition coefficient (Wildman–Crippen LogP) is 2.73. The van der Waals surface area contributed by atoms with Crippen LogP contribution >= 0.6 is 0 Å². The minimum absolute atomic E-state index is 0.277. The number of halogens is 2. The molecule has 0 atom stereocenters. The molecule has 0 radical (unpaired) electrons. The van der Waals surface area contributed by atoms with Gasteiger partial charge in [0.15, 0.2) is 5.82 Å². The van der Waals surface area contributed by atoms with Crippen molar-refractivity contribution in [3.8, 4) is 5.69 Å². The zero-order chi connectivity index (χ0) is 16.6. The number of nitrogens with one attached hydrogen (secondary N) is 1. The molecule has 1 spiro atoms. The van der Waals surface area contributed by atoms with E-state index in [1.807, 2.05) is 6.07 Å². The van der Waals surface area contributed by atoms with Crippen molar-refractivity contribution in [3.05, 3.63) is 47.8 Å². The average molecular weight is 332 g/mol. The van der Waals surface area contributed by atoms with E-state index < -0.39 is 11.6 Å². The summed E-state index contributed by atoms with van der Waals surface area (Å²) < 4.78 is 28.4. The molecule has 24 heavy (non-hydrogen) atoms.